The molecule has 2 fully saturated rings. The number of aryl methyl sites for hydroxylation is 1. The number of fused-ring (bicyclic) bond motifs is 1. The third kappa shape index (κ3) is 12.2. The summed E-state index contributed by atoms with van der Waals surface area (Å²) in [5, 5.41) is 88.0. The van der Waals surface area contributed by atoms with Gasteiger partial charge in [0.25, 0.3) is 0 Å². The molecule has 9 N–H and O–H groups in total. The molecule has 15 heteroatoms. The van der Waals surface area contributed by atoms with Crippen LogP contribution in [0.15, 0.2) is 24.3 Å². The van der Waals surface area contributed by atoms with Crippen molar-refractivity contribution in [2.75, 3.05) is 39.6 Å². The molecule has 58 heavy (non-hydrogen) atoms. The summed E-state index contributed by atoms with van der Waals surface area (Å²) in [5.41, 5.74) is 2.50. The SMILES string of the molecule is COc1cc(C[C@H]2[C@H](O)C[C@@H](OCO)CCc3cc(O[C@@H]4CC[C@]5(C[C@H](NC[C@H](C)O)C[C@H]5CC(C)C)C4)c(O)cc3[C@H](CCO)SSC[C@@H]2O)cc(OCO)c1O. The van der Waals surface area contributed by atoms with Crippen molar-refractivity contribution in [3.8, 4) is 28.7 Å². The van der Waals surface area contributed by atoms with E-state index in [-0.39, 0.29) is 65.0 Å². The van der Waals surface area contributed by atoms with Crippen LogP contribution in [0.5, 0.6) is 28.7 Å². The molecule has 10 atom stereocenters. The van der Waals surface area contributed by atoms with Crippen molar-refractivity contribution >= 4 is 21.6 Å². The van der Waals surface area contributed by atoms with Crippen molar-refractivity contribution in [3.63, 3.8) is 0 Å². The summed E-state index contributed by atoms with van der Waals surface area (Å²) in [7, 11) is 4.30. The second kappa shape index (κ2) is 22.1. The minimum atomic E-state index is -1.06. The Hall–Kier alpha value is -2.18. The van der Waals surface area contributed by atoms with Crippen molar-refractivity contribution < 1.29 is 59.8 Å². The molecular weight excluding hydrogens is 787 g/mol. The number of aromatic hydroxyl groups is 2. The van der Waals surface area contributed by atoms with E-state index in [2.05, 4.69) is 19.2 Å². The Morgan fingerprint density at radius 1 is 0.914 bits per heavy atom. The summed E-state index contributed by atoms with van der Waals surface area (Å²) in [4.78, 5) is 0. The Balaban J connectivity index is 1.38. The third-order valence-corrected chi connectivity index (χ3v) is 15.2. The van der Waals surface area contributed by atoms with Gasteiger partial charge in [0.05, 0.1) is 37.6 Å². The van der Waals surface area contributed by atoms with Gasteiger partial charge in [0, 0.05) is 36.1 Å². The molecule has 0 radical (unpaired) electrons. The number of aliphatic hydroxyl groups is 6. The Morgan fingerprint density at radius 3 is 2.38 bits per heavy atom. The van der Waals surface area contributed by atoms with Crippen LogP contribution in [0.3, 0.4) is 0 Å². The number of benzene rings is 2. The van der Waals surface area contributed by atoms with Crippen molar-refractivity contribution in [1.29, 1.82) is 0 Å². The van der Waals surface area contributed by atoms with Gasteiger partial charge < -0.3 is 65.1 Å². The Kier molecular flexibility index (Phi) is 17.8. The van der Waals surface area contributed by atoms with Gasteiger partial charge in [0.1, 0.15) is 6.79 Å². The number of phenols is 2. The monoisotopic (exact) mass is 853 g/mol. The third-order valence-electron chi connectivity index (χ3n) is 12.4. The van der Waals surface area contributed by atoms with Crippen LogP contribution < -0.4 is 19.5 Å². The van der Waals surface area contributed by atoms with Gasteiger partial charge in [0.2, 0.25) is 5.75 Å². The first kappa shape index (κ1) is 46.9. The molecule has 3 aliphatic rings. The molecule has 1 spiro atoms. The zero-order chi connectivity index (χ0) is 42.0. The van der Waals surface area contributed by atoms with E-state index in [1.807, 2.05) is 13.0 Å². The minimum Gasteiger partial charge on any atom is -0.504 e. The van der Waals surface area contributed by atoms with Gasteiger partial charge in [-0.05, 0) is 136 Å². The Bertz CT molecular complexity index is 1580. The predicted molar refractivity (Wildman–Crippen MR) is 225 cm³/mol. The predicted octanol–water partition coefficient (Wildman–Crippen LogP) is 5.20. The number of ether oxygens (including phenoxy) is 4. The number of hydrogen-bond donors (Lipinski definition) is 9. The molecule has 2 aromatic carbocycles. The average molecular weight is 854 g/mol. The van der Waals surface area contributed by atoms with E-state index < -0.39 is 43.9 Å². The summed E-state index contributed by atoms with van der Waals surface area (Å²) in [5.74, 6) is 0.948. The van der Waals surface area contributed by atoms with E-state index in [0.717, 1.165) is 49.7 Å². The zero-order valence-corrected chi connectivity index (χ0v) is 36.1. The number of nitrogens with one attached hydrogen (secondary N) is 1. The largest absolute Gasteiger partial charge is 0.504 e. The molecule has 5 rings (SSSR count). The van der Waals surface area contributed by atoms with Crippen LogP contribution in [0.1, 0.15) is 100 Å². The van der Waals surface area contributed by atoms with E-state index in [9.17, 15) is 40.9 Å². The fourth-order valence-corrected chi connectivity index (χ4v) is 12.5. The highest BCUT2D eigenvalue weighted by Gasteiger charge is 2.51. The van der Waals surface area contributed by atoms with Gasteiger partial charge >= 0.3 is 0 Å². The van der Waals surface area contributed by atoms with Crippen LogP contribution in [0.2, 0.25) is 0 Å². The van der Waals surface area contributed by atoms with Gasteiger partial charge in [-0.2, -0.15) is 0 Å². The highest BCUT2D eigenvalue weighted by molar-refractivity contribution is 8.76. The van der Waals surface area contributed by atoms with Crippen molar-refractivity contribution in [2.24, 2.45) is 23.2 Å². The molecule has 1 aliphatic heterocycles. The second-order valence-corrected chi connectivity index (χ2v) is 19.7. The highest BCUT2D eigenvalue weighted by Crippen LogP contribution is 2.57. The number of rotatable bonds is 16. The number of phenolic OH excluding ortho intramolecular Hbond substituents is 2. The maximum atomic E-state index is 11.7. The smallest absolute Gasteiger partial charge is 0.200 e. The van der Waals surface area contributed by atoms with E-state index in [1.165, 1.54) is 34.8 Å². The molecule has 0 bridgehead atoms. The van der Waals surface area contributed by atoms with Crippen molar-refractivity contribution in [3.05, 3.63) is 41.0 Å². The molecule has 0 unspecified atom stereocenters. The van der Waals surface area contributed by atoms with E-state index >= 15 is 0 Å². The molecular formula is C43H67NO12S2. The van der Waals surface area contributed by atoms with Gasteiger partial charge in [-0.3, -0.25) is 0 Å². The summed E-state index contributed by atoms with van der Waals surface area (Å²) >= 11 is 0. The number of hydrogen-bond acceptors (Lipinski definition) is 15. The van der Waals surface area contributed by atoms with Crippen molar-refractivity contribution in [1.82, 2.24) is 5.32 Å². The van der Waals surface area contributed by atoms with E-state index in [0.29, 0.717) is 55.0 Å². The normalized spacial score (nSPS) is 30.1. The maximum absolute atomic E-state index is 11.7. The fraction of sp³-hybridized carbons (Fsp3) is 0.721. The van der Waals surface area contributed by atoms with Crippen LogP contribution in [-0.4, -0.2) is 117 Å². The van der Waals surface area contributed by atoms with Gasteiger partial charge in [-0.15, -0.1) is 0 Å². The molecule has 1 heterocycles. The van der Waals surface area contributed by atoms with Crippen LogP contribution in [0.25, 0.3) is 0 Å². The number of methoxy groups -OCH3 is 1. The van der Waals surface area contributed by atoms with Gasteiger partial charge in [-0.25, -0.2) is 0 Å². The second-order valence-electron chi connectivity index (χ2n) is 17.1. The molecule has 13 nitrogen and oxygen atoms in total. The lowest BCUT2D eigenvalue weighted by Crippen LogP contribution is -2.38. The molecule has 0 amide bonds. The zero-order valence-electron chi connectivity index (χ0n) is 34.4. The van der Waals surface area contributed by atoms with Gasteiger partial charge in [-0.1, -0.05) is 35.4 Å². The minimum absolute atomic E-state index is 0.00396. The molecule has 2 saturated carbocycles. The molecule has 0 aromatic heterocycles. The van der Waals surface area contributed by atoms with Crippen LogP contribution in [0.4, 0.5) is 0 Å². The lowest BCUT2D eigenvalue weighted by atomic mass is 9.73. The maximum Gasteiger partial charge on any atom is 0.200 e. The quantitative estimate of drug-likeness (QED) is 0.0785. The van der Waals surface area contributed by atoms with Crippen LogP contribution >= 0.6 is 21.6 Å². The molecule has 328 valence electrons. The highest BCUT2D eigenvalue weighted by atomic mass is 33.1. The first-order valence-electron chi connectivity index (χ1n) is 20.8. The topological polar surface area (TPSA) is 211 Å². The summed E-state index contributed by atoms with van der Waals surface area (Å²) in [6, 6.07) is 7.14. The lowest BCUT2D eigenvalue weighted by Gasteiger charge is -2.32. The first-order chi connectivity index (χ1) is 27.8. The van der Waals surface area contributed by atoms with Crippen LogP contribution in [0, 0.1) is 23.2 Å². The summed E-state index contributed by atoms with van der Waals surface area (Å²) in [6.45, 7) is 5.62. The standard InChI is InChI=1S/C43H67NO12S2/c1-25(2)11-29-16-30(44-21-26(3)48)19-43(29)9-7-32(20-43)56-38-15-28-5-6-31(54-23-46)17-35(49)34(12-27-13-39(53-4)42(52)40(14-27)55-24-47)37(51)22-57-58-41(8-10-45)33(28)18-36(38)50/h13-15,18,25-26,29-32,34-35,37,41,44-52H,5-12,16-17,19-24H2,1-4H3/t26-,29+,30+,31-,32+,34-,35+,37-,41-,43-/m0/s1. The van der Waals surface area contributed by atoms with Gasteiger partial charge in [0.15, 0.2) is 29.8 Å². The lowest BCUT2D eigenvalue weighted by molar-refractivity contribution is -0.0808. The summed E-state index contributed by atoms with van der Waals surface area (Å²) < 4.78 is 23.0. The fourth-order valence-electron chi connectivity index (χ4n) is 9.63. The average Bonchev–Trinajstić information content (AvgIpc) is 3.74. The van der Waals surface area contributed by atoms with Crippen LogP contribution in [-0.2, 0) is 17.6 Å². The molecule has 2 aromatic rings. The molecule has 2 aliphatic carbocycles. The number of aliphatic hydroxyl groups excluding tert-OH is 6. The Morgan fingerprint density at radius 2 is 1.69 bits per heavy atom. The molecule has 0 saturated heterocycles. The van der Waals surface area contributed by atoms with Crippen molar-refractivity contribution in [2.45, 2.75) is 133 Å². The first-order valence-corrected chi connectivity index (χ1v) is 23.2. The summed E-state index contributed by atoms with van der Waals surface area (Å²) in [6.07, 6.45) is 4.55. The van der Waals surface area contributed by atoms with E-state index in [4.69, 9.17) is 18.9 Å². The van der Waals surface area contributed by atoms with E-state index in [1.54, 1.807) is 12.1 Å². The Labute approximate surface area is 351 Å².